The fraction of sp³-hybridized carbons (Fsp3) is 0.444. The van der Waals surface area contributed by atoms with Crippen LogP contribution in [0, 0.1) is 3.70 Å². The van der Waals surface area contributed by atoms with Crippen molar-refractivity contribution in [2.24, 2.45) is 0 Å². The number of nitrogen functional groups attached to an aromatic ring is 1. The lowest BCUT2D eigenvalue weighted by molar-refractivity contribution is 0.185. The third-order valence-corrected chi connectivity index (χ3v) is 3.48. The second-order valence-electron chi connectivity index (χ2n) is 3.71. The summed E-state index contributed by atoms with van der Waals surface area (Å²) in [7, 11) is 0. The quantitative estimate of drug-likeness (QED) is 0.766. The fourth-order valence-electron chi connectivity index (χ4n) is 1.92. The van der Waals surface area contributed by atoms with E-state index in [4.69, 9.17) is 10.5 Å². The second kappa shape index (κ2) is 4.94. The van der Waals surface area contributed by atoms with E-state index in [2.05, 4.69) is 37.7 Å². The van der Waals surface area contributed by atoms with E-state index in [0.29, 0.717) is 12.4 Å². The van der Waals surface area contributed by atoms with E-state index < -0.39 is 0 Å². The molecule has 6 nitrogen and oxygen atoms in total. The Bertz CT molecular complexity index is 539. The van der Waals surface area contributed by atoms with Crippen molar-refractivity contribution < 1.29 is 4.74 Å². The van der Waals surface area contributed by atoms with Crippen molar-refractivity contribution in [1.82, 2.24) is 19.7 Å². The highest BCUT2D eigenvalue weighted by molar-refractivity contribution is 14.1. The summed E-state index contributed by atoms with van der Waals surface area (Å²) in [6.07, 6.45) is 2.44. The first-order valence-electron chi connectivity index (χ1n) is 4.99. The van der Waals surface area contributed by atoms with E-state index in [1.54, 1.807) is 0 Å². The predicted octanol–water partition coefficient (Wildman–Crippen LogP) is 1.09. The Hall–Kier alpha value is -0.610. The molecular formula is C9H12IN5OS. The van der Waals surface area contributed by atoms with Crippen LogP contribution < -0.4 is 5.73 Å². The Morgan fingerprint density at radius 3 is 3.00 bits per heavy atom. The Kier molecular flexibility index (Phi) is 3.73. The van der Waals surface area contributed by atoms with E-state index in [9.17, 15) is 0 Å². The van der Waals surface area contributed by atoms with Gasteiger partial charge in [0.2, 0.25) is 0 Å². The molecule has 1 aliphatic heterocycles. The summed E-state index contributed by atoms with van der Waals surface area (Å²) in [5, 5.41) is 5.32. The molecule has 17 heavy (non-hydrogen) atoms. The van der Waals surface area contributed by atoms with Gasteiger partial charge < -0.3 is 10.5 Å². The fourth-order valence-corrected chi connectivity index (χ4v) is 2.67. The van der Waals surface area contributed by atoms with Crippen LogP contribution in [0.25, 0.3) is 11.0 Å². The number of hydrogen-bond acceptors (Lipinski definition) is 5. The minimum atomic E-state index is 0. The molecule has 1 fully saturated rings. The van der Waals surface area contributed by atoms with Crippen molar-refractivity contribution in [2.45, 2.75) is 12.5 Å². The highest BCUT2D eigenvalue weighted by Gasteiger charge is 2.23. The molecule has 2 aromatic heterocycles. The Morgan fingerprint density at radius 2 is 2.29 bits per heavy atom. The molecule has 92 valence electrons. The molecule has 0 radical (unpaired) electrons. The Labute approximate surface area is 119 Å². The number of rotatable bonds is 1. The molecule has 0 bridgehead atoms. The SMILES string of the molecule is Nc1ncnc2c1c(I)nn2[C@H]1CCOC1.S. The van der Waals surface area contributed by atoms with E-state index in [0.717, 1.165) is 27.8 Å². The summed E-state index contributed by atoms with van der Waals surface area (Å²) in [5.74, 6) is 0.486. The molecule has 2 aromatic rings. The van der Waals surface area contributed by atoms with Gasteiger partial charge in [-0.3, -0.25) is 0 Å². The lowest BCUT2D eigenvalue weighted by atomic mass is 10.3. The summed E-state index contributed by atoms with van der Waals surface area (Å²) in [6.45, 7) is 1.47. The molecule has 0 aliphatic carbocycles. The summed E-state index contributed by atoms with van der Waals surface area (Å²) in [6, 6.07) is 0.264. The minimum Gasteiger partial charge on any atom is -0.383 e. The average molecular weight is 365 g/mol. The normalized spacial score (nSPS) is 19.5. The zero-order chi connectivity index (χ0) is 11.1. The van der Waals surface area contributed by atoms with Gasteiger partial charge in [-0.1, -0.05) is 0 Å². The van der Waals surface area contributed by atoms with Crippen molar-refractivity contribution in [3.8, 4) is 0 Å². The second-order valence-corrected chi connectivity index (χ2v) is 4.73. The van der Waals surface area contributed by atoms with Gasteiger partial charge in [0.25, 0.3) is 0 Å². The monoisotopic (exact) mass is 365 g/mol. The first kappa shape index (κ1) is 12.8. The lowest BCUT2D eigenvalue weighted by Gasteiger charge is -2.08. The Morgan fingerprint density at radius 1 is 1.47 bits per heavy atom. The first-order chi connectivity index (χ1) is 7.77. The topological polar surface area (TPSA) is 78.9 Å². The smallest absolute Gasteiger partial charge is 0.164 e. The van der Waals surface area contributed by atoms with Crippen molar-refractivity contribution in [1.29, 1.82) is 0 Å². The zero-order valence-corrected chi connectivity index (χ0v) is 12.1. The Balaban J connectivity index is 0.00000108. The van der Waals surface area contributed by atoms with Gasteiger partial charge in [-0.05, 0) is 29.0 Å². The van der Waals surface area contributed by atoms with E-state index in [-0.39, 0.29) is 19.5 Å². The molecular weight excluding hydrogens is 353 g/mol. The summed E-state index contributed by atoms with van der Waals surface area (Å²) < 4.78 is 8.11. The van der Waals surface area contributed by atoms with Crippen LogP contribution in [0.5, 0.6) is 0 Å². The maximum absolute atomic E-state index is 5.83. The molecule has 0 spiro atoms. The van der Waals surface area contributed by atoms with Crippen molar-refractivity contribution >= 4 is 52.9 Å². The van der Waals surface area contributed by atoms with Gasteiger partial charge in [-0.15, -0.1) is 0 Å². The van der Waals surface area contributed by atoms with Gasteiger partial charge >= 0.3 is 0 Å². The van der Waals surface area contributed by atoms with Crippen molar-refractivity contribution in [2.75, 3.05) is 18.9 Å². The average Bonchev–Trinajstić information content (AvgIpc) is 2.86. The largest absolute Gasteiger partial charge is 0.383 e. The van der Waals surface area contributed by atoms with Gasteiger partial charge in [0.15, 0.2) is 5.65 Å². The minimum absolute atomic E-state index is 0. The van der Waals surface area contributed by atoms with Gasteiger partial charge in [0.05, 0.1) is 18.0 Å². The first-order valence-corrected chi connectivity index (χ1v) is 6.07. The molecule has 0 saturated carbocycles. The molecule has 0 unspecified atom stereocenters. The van der Waals surface area contributed by atoms with Crippen LogP contribution in [0.1, 0.15) is 12.5 Å². The summed E-state index contributed by atoms with van der Waals surface area (Å²) in [5.41, 5.74) is 6.63. The highest BCUT2D eigenvalue weighted by Crippen LogP contribution is 2.27. The number of fused-ring (bicyclic) bond motifs is 1. The van der Waals surface area contributed by atoms with Crippen LogP contribution >= 0.6 is 36.1 Å². The van der Waals surface area contributed by atoms with Crippen molar-refractivity contribution in [3.63, 3.8) is 0 Å². The van der Waals surface area contributed by atoms with E-state index in [1.165, 1.54) is 6.33 Å². The molecule has 1 atom stereocenters. The van der Waals surface area contributed by atoms with E-state index >= 15 is 0 Å². The number of hydrogen-bond donors (Lipinski definition) is 1. The number of anilines is 1. The molecule has 3 rings (SSSR count). The summed E-state index contributed by atoms with van der Waals surface area (Å²) in [4.78, 5) is 8.24. The molecule has 1 aliphatic rings. The maximum Gasteiger partial charge on any atom is 0.164 e. The van der Waals surface area contributed by atoms with Crippen LogP contribution in [0.15, 0.2) is 6.33 Å². The number of ether oxygens (including phenoxy) is 1. The molecule has 0 aromatic carbocycles. The predicted molar refractivity (Wildman–Crippen MR) is 77.3 cm³/mol. The van der Waals surface area contributed by atoms with Gasteiger partial charge in [-0.25, -0.2) is 14.6 Å². The van der Waals surface area contributed by atoms with Crippen LogP contribution in [-0.4, -0.2) is 33.0 Å². The standard InChI is InChI=1S/C9H10IN5O.H2S/c10-7-6-8(11)12-4-13-9(6)15(14-7)5-1-2-16-3-5;/h4-5H,1-3H2,(H2,11,12,13);1H2/t5-;/m0./s1. The van der Waals surface area contributed by atoms with Gasteiger partial charge in [-0.2, -0.15) is 18.6 Å². The number of nitrogens with zero attached hydrogens (tertiary/aromatic N) is 4. The third-order valence-electron chi connectivity index (χ3n) is 2.73. The maximum atomic E-state index is 5.83. The van der Waals surface area contributed by atoms with Crippen LogP contribution in [0.3, 0.4) is 0 Å². The van der Waals surface area contributed by atoms with Gasteiger partial charge in [0.1, 0.15) is 15.8 Å². The lowest BCUT2D eigenvalue weighted by Crippen LogP contribution is -2.11. The summed E-state index contributed by atoms with van der Waals surface area (Å²) >= 11 is 2.16. The van der Waals surface area contributed by atoms with Crippen LogP contribution in [-0.2, 0) is 4.74 Å². The molecule has 8 heteroatoms. The van der Waals surface area contributed by atoms with Gasteiger partial charge in [0, 0.05) is 6.61 Å². The zero-order valence-electron chi connectivity index (χ0n) is 8.93. The van der Waals surface area contributed by atoms with Crippen LogP contribution in [0.2, 0.25) is 0 Å². The number of nitrogens with two attached hydrogens (primary N) is 1. The molecule has 3 heterocycles. The molecule has 0 amide bonds. The van der Waals surface area contributed by atoms with E-state index in [1.807, 2.05) is 4.68 Å². The molecule has 2 N–H and O–H groups in total. The molecule has 1 saturated heterocycles. The number of halogens is 1. The third kappa shape index (κ3) is 2.08. The van der Waals surface area contributed by atoms with Crippen LogP contribution in [0.4, 0.5) is 5.82 Å². The number of aromatic nitrogens is 4. The van der Waals surface area contributed by atoms with Crippen molar-refractivity contribution in [3.05, 3.63) is 10.0 Å². The highest BCUT2D eigenvalue weighted by atomic mass is 127.